The summed E-state index contributed by atoms with van der Waals surface area (Å²) >= 11 is 0. The van der Waals surface area contributed by atoms with Crippen molar-refractivity contribution in [3.63, 3.8) is 0 Å². The van der Waals surface area contributed by atoms with Crippen molar-refractivity contribution < 1.29 is 14.3 Å². The Bertz CT molecular complexity index is 746. The van der Waals surface area contributed by atoms with Gasteiger partial charge in [0, 0.05) is 25.8 Å². The second-order valence-electron chi connectivity index (χ2n) is 5.28. The fourth-order valence-electron chi connectivity index (χ4n) is 2.26. The summed E-state index contributed by atoms with van der Waals surface area (Å²) in [6.45, 7) is 6.05. The van der Waals surface area contributed by atoms with E-state index in [0.29, 0.717) is 0 Å². The van der Waals surface area contributed by atoms with Crippen LogP contribution < -0.4 is 20.3 Å². The van der Waals surface area contributed by atoms with Gasteiger partial charge >= 0.3 is 11.8 Å². The lowest BCUT2D eigenvalue weighted by Gasteiger charge is -2.19. The Kier molecular flexibility index (Phi) is 6.84. The molecule has 2 N–H and O–H groups in total. The molecule has 0 spiro atoms. The Balaban J connectivity index is 1.90. The van der Waals surface area contributed by atoms with E-state index in [2.05, 4.69) is 44.3 Å². The van der Waals surface area contributed by atoms with E-state index in [4.69, 9.17) is 4.74 Å². The van der Waals surface area contributed by atoms with Gasteiger partial charge in [0.15, 0.2) is 0 Å². The Morgan fingerprint density at radius 2 is 1.88 bits per heavy atom. The van der Waals surface area contributed by atoms with Gasteiger partial charge in [-0.1, -0.05) is 6.07 Å². The maximum Gasteiger partial charge on any atom is 0.313 e. The number of amides is 2. The highest BCUT2D eigenvalue weighted by Gasteiger charge is 2.16. The molecule has 0 aliphatic heterocycles. The van der Waals surface area contributed by atoms with Crippen LogP contribution in [0.2, 0.25) is 0 Å². The Morgan fingerprint density at radius 1 is 1.12 bits per heavy atom. The molecule has 26 heavy (non-hydrogen) atoms. The maximum absolute atomic E-state index is 12.0. The maximum atomic E-state index is 12.0. The fraction of sp³-hybridized carbons (Fsp3) is 0.353. The van der Waals surface area contributed by atoms with E-state index >= 15 is 0 Å². The van der Waals surface area contributed by atoms with Crippen LogP contribution in [0.15, 0.2) is 30.9 Å². The van der Waals surface area contributed by atoms with Crippen molar-refractivity contribution in [2.45, 2.75) is 20.4 Å². The van der Waals surface area contributed by atoms with E-state index in [-0.39, 0.29) is 18.1 Å². The van der Waals surface area contributed by atoms with Crippen molar-refractivity contribution in [1.29, 1.82) is 0 Å². The van der Waals surface area contributed by atoms with Crippen molar-refractivity contribution >= 4 is 23.3 Å². The van der Waals surface area contributed by atoms with Crippen LogP contribution in [-0.2, 0) is 16.1 Å². The zero-order valence-electron chi connectivity index (χ0n) is 15.0. The molecule has 0 unspecified atom stereocenters. The van der Waals surface area contributed by atoms with Crippen molar-refractivity contribution in [2.75, 3.05) is 30.4 Å². The predicted octanol–water partition coefficient (Wildman–Crippen LogP) is 0.981. The predicted molar refractivity (Wildman–Crippen MR) is 96.9 cm³/mol. The lowest BCUT2D eigenvalue weighted by atomic mass is 10.2. The first-order chi connectivity index (χ1) is 12.6. The average molecular weight is 358 g/mol. The standard InChI is InChI=1S/C17H22N6O3/c1-4-23(5-2)14-7-6-12(8-19-14)9-20-15(24)16(25)22-13-10-18-11-21-17(13)26-3/h6-8,10-11H,4-5,9H2,1-3H3,(H,20,24)(H,22,25). The monoisotopic (exact) mass is 358 g/mol. The number of nitrogens with one attached hydrogen (secondary N) is 2. The number of nitrogens with zero attached hydrogens (tertiary/aromatic N) is 4. The van der Waals surface area contributed by atoms with Crippen LogP contribution in [0.25, 0.3) is 0 Å². The second kappa shape index (κ2) is 9.30. The van der Waals surface area contributed by atoms with Gasteiger partial charge in [0.25, 0.3) is 0 Å². The third-order valence-corrected chi connectivity index (χ3v) is 3.67. The van der Waals surface area contributed by atoms with Crippen molar-refractivity contribution in [3.05, 3.63) is 36.4 Å². The first kappa shape index (κ1) is 19.1. The topological polar surface area (TPSA) is 109 Å². The number of carbonyl (C=O) groups excluding carboxylic acids is 2. The second-order valence-corrected chi connectivity index (χ2v) is 5.28. The summed E-state index contributed by atoms with van der Waals surface area (Å²) in [7, 11) is 1.41. The number of aromatic nitrogens is 3. The molecule has 2 amide bonds. The molecule has 0 aliphatic carbocycles. The normalized spacial score (nSPS) is 10.1. The highest BCUT2D eigenvalue weighted by molar-refractivity contribution is 6.39. The molecule has 0 atom stereocenters. The summed E-state index contributed by atoms with van der Waals surface area (Å²) < 4.78 is 4.99. The molecule has 0 bridgehead atoms. The van der Waals surface area contributed by atoms with E-state index in [0.717, 1.165) is 24.5 Å². The molecular formula is C17H22N6O3. The van der Waals surface area contributed by atoms with Crippen molar-refractivity contribution in [2.24, 2.45) is 0 Å². The van der Waals surface area contributed by atoms with Crippen LogP contribution in [0.3, 0.4) is 0 Å². The van der Waals surface area contributed by atoms with E-state index in [1.165, 1.54) is 19.6 Å². The lowest BCUT2D eigenvalue weighted by molar-refractivity contribution is -0.136. The van der Waals surface area contributed by atoms with E-state index in [1.54, 1.807) is 6.20 Å². The molecule has 2 aromatic rings. The minimum atomic E-state index is -0.828. The lowest BCUT2D eigenvalue weighted by Crippen LogP contribution is -2.35. The van der Waals surface area contributed by atoms with Gasteiger partial charge in [-0.05, 0) is 25.5 Å². The van der Waals surface area contributed by atoms with Crippen LogP contribution in [0.5, 0.6) is 5.88 Å². The first-order valence-electron chi connectivity index (χ1n) is 8.22. The van der Waals surface area contributed by atoms with Gasteiger partial charge in [-0.15, -0.1) is 0 Å². The van der Waals surface area contributed by atoms with E-state index < -0.39 is 11.8 Å². The number of hydrogen-bond acceptors (Lipinski definition) is 7. The SMILES string of the molecule is CCN(CC)c1ccc(CNC(=O)C(=O)Nc2cncnc2OC)cn1. The molecule has 0 saturated carbocycles. The Labute approximate surface area is 151 Å². The molecule has 0 saturated heterocycles. The number of pyridine rings is 1. The number of carbonyl (C=O) groups is 2. The van der Waals surface area contributed by atoms with Gasteiger partial charge in [0.2, 0.25) is 5.88 Å². The number of methoxy groups -OCH3 is 1. The smallest absolute Gasteiger partial charge is 0.313 e. The summed E-state index contributed by atoms with van der Waals surface area (Å²) in [4.78, 5) is 38.0. The van der Waals surface area contributed by atoms with E-state index in [1.807, 2.05) is 12.1 Å². The molecule has 0 fully saturated rings. The summed E-state index contributed by atoms with van der Waals surface area (Å²) in [5.74, 6) is -0.550. The molecule has 0 aliphatic rings. The highest BCUT2D eigenvalue weighted by Crippen LogP contribution is 2.18. The number of anilines is 2. The molecule has 0 radical (unpaired) electrons. The summed E-state index contributed by atoms with van der Waals surface area (Å²) in [6.07, 6.45) is 4.32. The van der Waals surface area contributed by atoms with Gasteiger partial charge in [-0.3, -0.25) is 9.59 Å². The fourth-order valence-corrected chi connectivity index (χ4v) is 2.26. The van der Waals surface area contributed by atoms with Crippen LogP contribution in [0.1, 0.15) is 19.4 Å². The summed E-state index contributed by atoms with van der Waals surface area (Å²) in [5, 5.41) is 4.96. The Morgan fingerprint density at radius 3 is 2.50 bits per heavy atom. The third kappa shape index (κ3) is 4.88. The molecule has 138 valence electrons. The molecule has 0 aromatic carbocycles. The third-order valence-electron chi connectivity index (χ3n) is 3.67. The average Bonchev–Trinajstić information content (AvgIpc) is 2.68. The zero-order valence-corrected chi connectivity index (χ0v) is 15.0. The molecule has 9 nitrogen and oxygen atoms in total. The molecule has 2 rings (SSSR count). The molecular weight excluding hydrogens is 336 g/mol. The first-order valence-corrected chi connectivity index (χ1v) is 8.22. The number of hydrogen-bond donors (Lipinski definition) is 2. The van der Waals surface area contributed by atoms with Crippen molar-refractivity contribution in [1.82, 2.24) is 20.3 Å². The minimum Gasteiger partial charge on any atom is -0.479 e. The van der Waals surface area contributed by atoms with E-state index in [9.17, 15) is 9.59 Å². The van der Waals surface area contributed by atoms with Crippen LogP contribution in [0.4, 0.5) is 11.5 Å². The largest absolute Gasteiger partial charge is 0.479 e. The summed E-state index contributed by atoms with van der Waals surface area (Å²) in [6, 6.07) is 3.76. The van der Waals surface area contributed by atoms with Crippen molar-refractivity contribution in [3.8, 4) is 5.88 Å². The quantitative estimate of drug-likeness (QED) is 0.710. The molecule has 2 aromatic heterocycles. The number of rotatable bonds is 7. The van der Waals surface area contributed by atoms with Gasteiger partial charge in [-0.25, -0.2) is 9.97 Å². The molecule has 9 heteroatoms. The van der Waals surface area contributed by atoms with Gasteiger partial charge < -0.3 is 20.3 Å². The van der Waals surface area contributed by atoms with Gasteiger partial charge in [0.1, 0.15) is 17.8 Å². The van der Waals surface area contributed by atoms with Crippen LogP contribution >= 0.6 is 0 Å². The number of ether oxygens (including phenoxy) is 1. The van der Waals surface area contributed by atoms with Gasteiger partial charge in [-0.2, -0.15) is 4.98 Å². The molecule has 2 heterocycles. The minimum absolute atomic E-state index is 0.178. The Hall–Kier alpha value is -3.23. The van der Waals surface area contributed by atoms with Gasteiger partial charge in [0.05, 0.1) is 13.3 Å². The zero-order chi connectivity index (χ0) is 18.9. The van der Waals surface area contributed by atoms with Crippen LogP contribution in [0, 0.1) is 0 Å². The van der Waals surface area contributed by atoms with Crippen LogP contribution in [-0.4, -0.2) is 47.0 Å². The highest BCUT2D eigenvalue weighted by atomic mass is 16.5. The summed E-state index contributed by atoms with van der Waals surface area (Å²) in [5.41, 5.74) is 1.02.